The fourth-order valence-corrected chi connectivity index (χ4v) is 2.72. The lowest BCUT2D eigenvalue weighted by Gasteiger charge is -2.10. The Balaban J connectivity index is 2.13. The van der Waals surface area contributed by atoms with E-state index in [9.17, 15) is 8.42 Å². The maximum atomic E-state index is 11.2. The van der Waals surface area contributed by atoms with E-state index >= 15 is 0 Å². The average Bonchev–Trinajstić information content (AvgIpc) is 2.81. The van der Waals surface area contributed by atoms with E-state index in [1.54, 1.807) is 29.9 Å². The fourth-order valence-electron chi connectivity index (χ4n) is 1.45. The van der Waals surface area contributed by atoms with Crippen LogP contribution in [0, 0.1) is 0 Å². The molecule has 1 heterocycles. The summed E-state index contributed by atoms with van der Waals surface area (Å²) in [5.74, 6) is 0. The minimum Gasteiger partial charge on any atom is -0.379 e. The fraction of sp³-hybridized carbons (Fsp3) is 0.182. The second-order valence-electron chi connectivity index (χ2n) is 3.89. The van der Waals surface area contributed by atoms with Crippen LogP contribution in [0.4, 0.5) is 11.4 Å². The molecule has 5 nitrogen and oxygen atoms in total. The Hall–Kier alpha value is -1.31. The number of rotatable bonds is 5. The first-order valence-corrected chi connectivity index (χ1v) is 8.47. The molecule has 0 aliphatic carbocycles. The number of thiazole rings is 1. The number of halogens is 1. The van der Waals surface area contributed by atoms with Crippen LogP contribution < -0.4 is 10.0 Å². The van der Waals surface area contributed by atoms with Gasteiger partial charge in [-0.15, -0.1) is 11.3 Å². The van der Waals surface area contributed by atoms with Crippen LogP contribution in [-0.2, 0) is 16.6 Å². The lowest BCUT2D eigenvalue weighted by molar-refractivity contribution is 0.607. The smallest absolute Gasteiger partial charge is 0.229 e. The normalized spacial score (nSPS) is 11.3. The number of benzene rings is 1. The molecular weight excluding hydrogens is 306 g/mol. The van der Waals surface area contributed by atoms with Crippen LogP contribution in [-0.4, -0.2) is 19.7 Å². The summed E-state index contributed by atoms with van der Waals surface area (Å²) in [6, 6.07) is 4.91. The van der Waals surface area contributed by atoms with Gasteiger partial charge in [-0.25, -0.2) is 8.42 Å². The van der Waals surface area contributed by atoms with Crippen LogP contribution >= 0.6 is 22.9 Å². The molecule has 2 rings (SSSR count). The highest BCUT2D eigenvalue weighted by Gasteiger charge is 2.06. The molecular formula is C11H12ClN3O2S2. The second kappa shape index (κ2) is 5.77. The van der Waals surface area contributed by atoms with Crippen LogP contribution in [0.15, 0.2) is 29.9 Å². The lowest BCUT2D eigenvalue weighted by Crippen LogP contribution is -2.09. The molecule has 8 heteroatoms. The zero-order valence-corrected chi connectivity index (χ0v) is 12.4. The van der Waals surface area contributed by atoms with Gasteiger partial charge in [-0.1, -0.05) is 11.6 Å². The summed E-state index contributed by atoms with van der Waals surface area (Å²) in [4.78, 5) is 5.04. The average molecular weight is 318 g/mol. The van der Waals surface area contributed by atoms with Gasteiger partial charge in [-0.3, -0.25) is 9.71 Å². The van der Waals surface area contributed by atoms with Crippen LogP contribution in [0.25, 0.3) is 0 Å². The molecule has 2 N–H and O–H groups in total. The van der Waals surface area contributed by atoms with Crippen LogP contribution in [0.1, 0.15) is 4.88 Å². The Morgan fingerprint density at radius 3 is 2.84 bits per heavy atom. The van der Waals surface area contributed by atoms with Crippen molar-refractivity contribution in [2.45, 2.75) is 6.54 Å². The molecule has 0 spiro atoms. The Kier molecular flexibility index (Phi) is 4.28. The molecule has 0 amide bonds. The number of nitrogens with one attached hydrogen (secondary N) is 2. The molecule has 0 saturated heterocycles. The zero-order valence-electron chi connectivity index (χ0n) is 10.1. The van der Waals surface area contributed by atoms with E-state index in [0.29, 0.717) is 22.9 Å². The zero-order chi connectivity index (χ0) is 13.9. The van der Waals surface area contributed by atoms with Gasteiger partial charge in [0.15, 0.2) is 0 Å². The van der Waals surface area contributed by atoms with Crippen LogP contribution in [0.5, 0.6) is 0 Å². The first-order chi connectivity index (χ1) is 8.94. The molecule has 2 aromatic rings. The van der Waals surface area contributed by atoms with Crippen molar-refractivity contribution in [1.29, 1.82) is 0 Å². The van der Waals surface area contributed by atoms with Gasteiger partial charge >= 0.3 is 0 Å². The maximum Gasteiger partial charge on any atom is 0.229 e. The summed E-state index contributed by atoms with van der Waals surface area (Å²) in [6.07, 6.45) is 2.87. The van der Waals surface area contributed by atoms with E-state index in [1.165, 1.54) is 11.3 Å². The van der Waals surface area contributed by atoms with Gasteiger partial charge in [0.05, 0.1) is 34.7 Å². The summed E-state index contributed by atoms with van der Waals surface area (Å²) in [5.41, 5.74) is 2.89. The Bertz CT molecular complexity index is 657. The third kappa shape index (κ3) is 4.38. The first kappa shape index (κ1) is 14.1. The number of hydrogen-bond donors (Lipinski definition) is 2. The molecule has 0 bridgehead atoms. The topological polar surface area (TPSA) is 71.1 Å². The number of aromatic nitrogens is 1. The Morgan fingerprint density at radius 1 is 1.42 bits per heavy atom. The number of hydrogen-bond acceptors (Lipinski definition) is 5. The third-order valence-corrected chi connectivity index (χ3v) is 3.92. The highest BCUT2D eigenvalue weighted by atomic mass is 35.5. The Morgan fingerprint density at radius 2 is 2.21 bits per heavy atom. The number of sulfonamides is 1. The summed E-state index contributed by atoms with van der Waals surface area (Å²) < 4.78 is 24.7. The molecule has 19 heavy (non-hydrogen) atoms. The molecule has 0 aliphatic heterocycles. The molecule has 0 aliphatic rings. The van der Waals surface area contributed by atoms with Gasteiger partial charge in [0.25, 0.3) is 0 Å². The molecule has 1 aromatic heterocycles. The van der Waals surface area contributed by atoms with Gasteiger partial charge in [0.1, 0.15) is 0 Å². The van der Waals surface area contributed by atoms with Crippen molar-refractivity contribution in [2.75, 3.05) is 16.3 Å². The summed E-state index contributed by atoms with van der Waals surface area (Å²) in [5, 5.41) is 3.68. The lowest BCUT2D eigenvalue weighted by atomic mass is 10.3. The van der Waals surface area contributed by atoms with E-state index in [1.807, 2.05) is 0 Å². The molecule has 0 atom stereocenters. The van der Waals surface area contributed by atoms with Crippen molar-refractivity contribution >= 4 is 44.3 Å². The van der Waals surface area contributed by atoms with Gasteiger partial charge in [-0.05, 0) is 18.2 Å². The van der Waals surface area contributed by atoms with E-state index in [2.05, 4.69) is 15.0 Å². The van der Waals surface area contributed by atoms with Gasteiger partial charge in [-0.2, -0.15) is 0 Å². The quantitative estimate of drug-likeness (QED) is 0.889. The van der Waals surface area contributed by atoms with Crippen molar-refractivity contribution in [3.8, 4) is 0 Å². The van der Waals surface area contributed by atoms with E-state index in [4.69, 9.17) is 11.6 Å². The first-order valence-electron chi connectivity index (χ1n) is 5.32. The monoisotopic (exact) mass is 317 g/mol. The third-order valence-electron chi connectivity index (χ3n) is 2.21. The highest BCUT2D eigenvalue weighted by molar-refractivity contribution is 7.92. The van der Waals surface area contributed by atoms with Crippen molar-refractivity contribution in [3.63, 3.8) is 0 Å². The van der Waals surface area contributed by atoms with Crippen molar-refractivity contribution < 1.29 is 8.42 Å². The minimum atomic E-state index is -3.29. The van der Waals surface area contributed by atoms with Crippen molar-refractivity contribution in [3.05, 3.63) is 39.8 Å². The molecule has 102 valence electrons. The predicted octanol–water partition coefficient (Wildman–Crippen LogP) is 2.78. The number of nitrogens with zero attached hydrogens (tertiary/aromatic N) is 1. The molecule has 0 saturated carbocycles. The Labute approximate surface area is 120 Å². The van der Waals surface area contributed by atoms with Gasteiger partial charge in [0.2, 0.25) is 10.0 Å². The van der Waals surface area contributed by atoms with Crippen LogP contribution in [0.3, 0.4) is 0 Å². The minimum absolute atomic E-state index is 0.471. The van der Waals surface area contributed by atoms with E-state index in [-0.39, 0.29) is 0 Å². The van der Waals surface area contributed by atoms with E-state index in [0.717, 1.165) is 11.1 Å². The molecule has 0 unspecified atom stereocenters. The van der Waals surface area contributed by atoms with E-state index < -0.39 is 10.0 Å². The van der Waals surface area contributed by atoms with Crippen molar-refractivity contribution in [1.82, 2.24) is 4.98 Å². The SMILES string of the molecule is CS(=O)(=O)Nc1ccc(Cl)c(NCc2cncs2)c1. The van der Waals surface area contributed by atoms with Gasteiger partial charge in [0, 0.05) is 11.1 Å². The van der Waals surface area contributed by atoms with Crippen LogP contribution in [0.2, 0.25) is 5.02 Å². The summed E-state index contributed by atoms with van der Waals surface area (Å²) in [7, 11) is -3.29. The van der Waals surface area contributed by atoms with Gasteiger partial charge < -0.3 is 5.32 Å². The predicted molar refractivity (Wildman–Crippen MR) is 79.4 cm³/mol. The summed E-state index contributed by atoms with van der Waals surface area (Å²) >= 11 is 7.59. The molecule has 0 fully saturated rings. The highest BCUT2D eigenvalue weighted by Crippen LogP contribution is 2.26. The van der Waals surface area contributed by atoms with Crippen molar-refractivity contribution in [2.24, 2.45) is 0 Å². The largest absolute Gasteiger partial charge is 0.379 e. The molecule has 1 aromatic carbocycles. The standard InChI is InChI=1S/C11H12ClN3O2S2/c1-19(16,17)15-8-2-3-10(12)11(4-8)14-6-9-5-13-7-18-9/h2-5,7,14-15H,6H2,1H3. The maximum absolute atomic E-state index is 11.2. The second-order valence-corrected chi connectivity index (χ2v) is 7.02. The summed E-state index contributed by atoms with van der Waals surface area (Å²) in [6.45, 7) is 0.590. The molecule has 0 radical (unpaired) electrons. The number of anilines is 2.